The van der Waals surface area contributed by atoms with Crippen LogP contribution in [0.15, 0.2) is 12.7 Å². The Balaban J connectivity index is 3.06. The molecular weight excluding hydrogens is 184 g/mol. The molecule has 0 heterocycles. The molecule has 0 spiro atoms. The van der Waals surface area contributed by atoms with Crippen LogP contribution >= 0.6 is 0 Å². The predicted molar refractivity (Wildman–Crippen MR) is 54.3 cm³/mol. The first kappa shape index (κ1) is 13.6. The highest BCUT2D eigenvalue weighted by atomic mass is 16.5. The molecule has 1 unspecified atom stereocenters. The standard InChI is InChI=1S/C10H20O4/c1-3-5-12-7-8-13-9-10(2)14-6-4-11/h3,10-11H,1,4-9H2,2H3. The van der Waals surface area contributed by atoms with Crippen molar-refractivity contribution >= 4 is 0 Å². The number of aliphatic hydroxyl groups excluding tert-OH is 1. The Labute approximate surface area is 85.5 Å². The van der Waals surface area contributed by atoms with E-state index in [0.717, 1.165) is 0 Å². The van der Waals surface area contributed by atoms with E-state index in [-0.39, 0.29) is 12.7 Å². The second-order valence-electron chi connectivity index (χ2n) is 2.84. The van der Waals surface area contributed by atoms with E-state index in [1.807, 2.05) is 6.92 Å². The maximum atomic E-state index is 8.49. The Bertz CT molecular complexity index is 127. The van der Waals surface area contributed by atoms with Crippen LogP contribution in [0, 0.1) is 0 Å². The second-order valence-corrected chi connectivity index (χ2v) is 2.84. The number of ether oxygens (including phenoxy) is 3. The molecule has 4 nitrogen and oxygen atoms in total. The molecule has 0 aromatic heterocycles. The minimum Gasteiger partial charge on any atom is -0.394 e. The Kier molecular flexibility index (Phi) is 10.3. The highest BCUT2D eigenvalue weighted by molar-refractivity contribution is 4.63. The summed E-state index contributed by atoms with van der Waals surface area (Å²) in [5, 5.41) is 8.49. The lowest BCUT2D eigenvalue weighted by atomic mass is 10.4. The summed E-state index contributed by atoms with van der Waals surface area (Å²) in [4.78, 5) is 0. The molecule has 0 aliphatic rings. The van der Waals surface area contributed by atoms with Gasteiger partial charge in [0.2, 0.25) is 0 Å². The SMILES string of the molecule is C=CCOCCOCC(C)OCCO. The lowest BCUT2D eigenvalue weighted by Crippen LogP contribution is -2.19. The first-order chi connectivity index (χ1) is 6.81. The minimum atomic E-state index is 0.0153. The van der Waals surface area contributed by atoms with Crippen molar-refractivity contribution in [1.29, 1.82) is 0 Å². The second kappa shape index (κ2) is 10.7. The molecule has 0 bridgehead atoms. The molecule has 0 radical (unpaired) electrons. The third-order valence-corrected chi connectivity index (χ3v) is 1.45. The Morgan fingerprint density at radius 2 is 2.00 bits per heavy atom. The monoisotopic (exact) mass is 204 g/mol. The summed E-state index contributed by atoms with van der Waals surface area (Å²) in [6.45, 7) is 8.05. The van der Waals surface area contributed by atoms with Crippen molar-refractivity contribution in [2.45, 2.75) is 13.0 Å². The Hall–Kier alpha value is -0.420. The fourth-order valence-corrected chi connectivity index (χ4v) is 0.836. The normalized spacial score (nSPS) is 12.7. The van der Waals surface area contributed by atoms with Gasteiger partial charge in [-0.2, -0.15) is 0 Å². The molecule has 1 N–H and O–H groups in total. The van der Waals surface area contributed by atoms with Gasteiger partial charge in [-0.1, -0.05) is 6.08 Å². The van der Waals surface area contributed by atoms with Crippen LogP contribution < -0.4 is 0 Å². The molecule has 14 heavy (non-hydrogen) atoms. The zero-order valence-corrected chi connectivity index (χ0v) is 8.78. The minimum absolute atomic E-state index is 0.0153. The van der Waals surface area contributed by atoms with Crippen LogP contribution in [0.1, 0.15) is 6.92 Å². The molecule has 0 amide bonds. The molecule has 0 rings (SSSR count). The molecule has 0 aromatic rings. The van der Waals surface area contributed by atoms with Crippen LogP contribution in [0.5, 0.6) is 0 Å². The third-order valence-electron chi connectivity index (χ3n) is 1.45. The summed E-state index contributed by atoms with van der Waals surface area (Å²) in [6.07, 6.45) is 1.72. The highest BCUT2D eigenvalue weighted by Gasteiger charge is 2.00. The van der Waals surface area contributed by atoms with Crippen molar-refractivity contribution in [2.75, 3.05) is 39.6 Å². The van der Waals surface area contributed by atoms with Crippen molar-refractivity contribution in [3.8, 4) is 0 Å². The zero-order valence-electron chi connectivity index (χ0n) is 8.78. The molecule has 4 heteroatoms. The third kappa shape index (κ3) is 9.67. The van der Waals surface area contributed by atoms with Crippen molar-refractivity contribution in [2.24, 2.45) is 0 Å². The van der Waals surface area contributed by atoms with Crippen LogP contribution in [-0.4, -0.2) is 50.9 Å². The van der Waals surface area contributed by atoms with Gasteiger partial charge in [0.15, 0.2) is 0 Å². The maximum absolute atomic E-state index is 8.49. The molecule has 0 aliphatic heterocycles. The lowest BCUT2D eigenvalue weighted by molar-refractivity contribution is -0.0297. The van der Waals surface area contributed by atoms with E-state index in [4.69, 9.17) is 19.3 Å². The molecule has 0 fully saturated rings. The van der Waals surface area contributed by atoms with Gasteiger partial charge in [-0.15, -0.1) is 6.58 Å². The number of hydrogen-bond donors (Lipinski definition) is 1. The van der Waals surface area contributed by atoms with Gasteiger partial charge in [0.1, 0.15) is 0 Å². The first-order valence-electron chi connectivity index (χ1n) is 4.80. The quantitative estimate of drug-likeness (QED) is 0.418. The van der Waals surface area contributed by atoms with Crippen LogP contribution in [0.25, 0.3) is 0 Å². The van der Waals surface area contributed by atoms with Crippen molar-refractivity contribution in [3.05, 3.63) is 12.7 Å². The topological polar surface area (TPSA) is 47.9 Å². The molecule has 0 saturated carbocycles. The smallest absolute Gasteiger partial charge is 0.0781 e. The van der Waals surface area contributed by atoms with E-state index in [1.165, 1.54) is 0 Å². The Morgan fingerprint density at radius 1 is 1.29 bits per heavy atom. The highest BCUT2D eigenvalue weighted by Crippen LogP contribution is 1.91. The van der Waals surface area contributed by atoms with Gasteiger partial charge < -0.3 is 19.3 Å². The van der Waals surface area contributed by atoms with E-state index in [1.54, 1.807) is 6.08 Å². The first-order valence-corrected chi connectivity index (χ1v) is 4.80. The van der Waals surface area contributed by atoms with E-state index >= 15 is 0 Å². The van der Waals surface area contributed by atoms with Gasteiger partial charge in [-0.05, 0) is 6.92 Å². The van der Waals surface area contributed by atoms with Crippen molar-refractivity contribution in [3.63, 3.8) is 0 Å². The molecule has 0 aliphatic carbocycles. The van der Waals surface area contributed by atoms with Crippen LogP contribution in [0.3, 0.4) is 0 Å². The Morgan fingerprint density at radius 3 is 2.64 bits per heavy atom. The summed E-state index contributed by atoms with van der Waals surface area (Å²) < 4.78 is 15.6. The van der Waals surface area contributed by atoms with Gasteiger partial charge in [0, 0.05) is 0 Å². The average molecular weight is 204 g/mol. The summed E-state index contributed by atoms with van der Waals surface area (Å²) in [6, 6.07) is 0. The summed E-state index contributed by atoms with van der Waals surface area (Å²) in [5.41, 5.74) is 0. The van der Waals surface area contributed by atoms with Crippen LogP contribution in [0.2, 0.25) is 0 Å². The summed E-state index contributed by atoms with van der Waals surface area (Å²) in [5.74, 6) is 0. The van der Waals surface area contributed by atoms with E-state index in [2.05, 4.69) is 6.58 Å². The fraction of sp³-hybridized carbons (Fsp3) is 0.800. The van der Waals surface area contributed by atoms with Crippen LogP contribution in [-0.2, 0) is 14.2 Å². The summed E-state index contributed by atoms with van der Waals surface area (Å²) >= 11 is 0. The number of rotatable bonds is 10. The largest absolute Gasteiger partial charge is 0.394 e. The average Bonchev–Trinajstić information content (AvgIpc) is 2.20. The van der Waals surface area contributed by atoms with Gasteiger partial charge in [-0.25, -0.2) is 0 Å². The number of aliphatic hydroxyl groups is 1. The zero-order chi connectivity index (χ0) is 10.6. The predicted octanol–water partition coefficient (Wildman–Crippen LogP) is 0.603. The van der Waals surface area contributed by atoms with Gasteiger partial charge in [-0.3, -0.25) is 0 Å². The maximum Gasteiger partial charge on any atom is 0.0781 e. The molecule has 84 valence electrons. The molecular formula is C10H20O4. The van der Waals surface area contributed by atoms with E-state index in [9.17, 15) is 0 Å². The van der Waals surface area contributed by atoms with Crippen LogP contribution in [0.4, 0.5) is 0 Å². The lowest BCUT2D eigenvalue weighted by Gasteiger charge is -2.12. The van der Waals surface area contributed by atoms with Gasteiger partial charge >= 0.3 is 0 Å². The summed E-state index contributed by atoms with van der Waals surface area (Å²) in [7, 11) is 0. The van der Waals surface area contributed by atoms with Crippen molar-refractivity contribution in [1.82, 2.24) is 0 Å². The molecule has 1 atom stereocenters. The van der Waals surface area contributed by atoms with Gasteiger partial charge in [0.25, 0.3) is 0 Å². The van der Waals surface area contributed by atoms with E-state index in [0.29, 0.717) is 33.0 Å². The number of hydrogen-bond acceptors (Lipinski definition) is 4. The van der Waals surface area contributed by atoms with Crippen molar-refractivity contribution < 1.29 is 19.3 Å². The molecule has 0 saturated heterocycles. The van der Waals surface area contributed by atoms with E-state index < -0.39 is 0 Å². The van der Waals surface area contributed by atoms with Gasteiger partial charge in [0.05, 0.1) is 45.7 Å². The fourth-order valence-electron chi connectivity index (χ4n) is 0.836. The molecule has 0 aromatic carbocycles.